The summed E-state index contributed by atoms with van der Waals surface area (Å²) in [7, 11) is -3.53. The van der Waals surface area contributed by atoms with E-state index < -0.39 is 10.1 Å². The van der Waals surface area contributed by atoms with Gasteiger partial charge >= 0.3 is 10.1 Å². The first kappa shape index (κ1) is 19.3. The van der Waals surface area contributed by atoms with Gasteiger partial charge in [0.25, 0.3) is 0 Å². The van der Waals surface area contributed by atoms with Crippen LogP contribution >= 0.6 is 0 Å². The second-order valence-electron chi connectivity index (χ2n) is 6.30. The SMILES string of the molecule is CCc1cc(C(CC)(CC)c2ccc(OS(C)(=O)=O)cc2)ccc1O. The van der Waals surface area contributed by atoms with E-state index in [-0.39, 0.29) is 5.41 Å². The molecule has 0 spiro atoms. The molecule has 2 aromatic rings. The number of phenolic OH excluding ortho intramolecular Hbond substituents is 1. The Morgan fingerprint density at radius 3 is 2.00 bits per heavy atom. The molecular weight excluding hydrogens is 336 g/mol. The van der Waals surface area contributed by atoms with Crippen LogP contribution in [0.15, 0.2) is 42.5 Å². The molecule has 0 saturated heterocycles. The van der Waals surface area contributed by atoms with Crippen molar-refractivity contribution in [1.29, 1.82) is 0 Å². The van der Waals surface area contributed by atoms with Gasteiger partial charge in [0.15, 0.2) is 0 Å². The van der Waals surface area contributed by atoms with Crippen LogP contribution in [0.3, 0.4) is 0 Å². The van der Waals surface area contributed by atoms with Crippen LogP contribution in [-0.4, -0.2) is 19.8 Å². The van der Waals surface area contributed by atoms with Crippen molar-refractivity contribution in [2.45, 2.75) is 45.4 Å². The fraction of sp³-hybridized carbons (Fsp3) is 0.400. The van der Waals surface area contributed by atoms with E-state index in [4.69, 9.17) is 4.18 Å². The quantitative estimate of drug-likeness (QED) is 0.742. The average Bonchev–Trinajstić information content (AvgIpc) is 2.57. The van der Waals surface area contributed by atoms with Crippen molar-refractivity contribution in [2.75, 3.05) is 6.26 Å². The summed E-state index contributed by atoms with van der Waals surface area (Å²) in [5, 5.41) is 9.99. The Bertz CT molecular complexity index is 819. The molecule has 0 atom stereocenters. The minimum absolute atomic E-state index is 0.193. The van der Waals surface area contributed by atoms with Gasteiger partial charge in [-0.3, -0.25) is 0 Å². The molecule has 0 aliphatic rings. The van der Waals surface area contributed by atoms with E-state index >= 15 is 0 Å². The van der Waals surface area contributed by atoms with Gasteiger partial charge in [-0.15, -0.1) is 0 Å². The van der Waals surface area contributed by atoms with Gasteiger partial charge in [0, 0.05) is 5.41 Å². The van der Waals surface area contributed by atoms with Crippen molar-refractivity contribution in [3.05, 3.63) is 59.2 Å². The Morgan fingerprint density at radius 2 is 1.52 bits per heavy atom. The second kappa shape index (κ2) is 7.48. The molecule has 2 aromatic carbocycles. The molecule has 136 valence electrons. The standard InChI is InChI=1S/C20H26O4S/c1-5-15-14-17(10-13-19(15)21)20(6-2,7-3)16-8-11-18(12-9-16)24-25(4,22)23/h8-14,21H,5-7H2,1-4H3. The van der Waals surface area contributed by atoms with Gasteiger partial charge in [-0.1, -0.05) is 45.0 Å². The molecule has 0 unspecified atom stereocenters. The summed E-state index contributed by atoms with van der Waals surface area (Å²) >= 11 is 0. The zero-order valence-corrected chi connectivity index (χ0v) is 16.1. The van der Waals surface area contributed by atoms with E-state index in [1.807, 2.05) is 25.1 Å². The first-order valence-electron chi connectivity index (χ1n) is 8.58. The van der Waals surface area contributed by atoms with Crippen molar-refractivity contribution in [2.24, 2.45) is 0 Å². The third-order valence-corrected chi connectivity index (χ3v) is 5.37. The fourth-order valence-electron chi connectivity index (χ4n) is 3.40. The second-order valence-corrected chi connectivity index (χ2v) is 7.87. The Morgan fingerprint density at radius 1 is 0.960 bits per heavy atom. The first-order valence-corrected chi connectivity index (χ1v) is 10.4. The average molecular weight is 362 g/mol. The first-order chi connectivity index (χ1) is 11.8. The molecule has 0 bridgehead atoms. The lowest BCUT2D eigenvalue weighted by Crippen LogP contribution is -2.26. The summed E-state index contributed by atoms with van der Waals surface area (Å²) in [6.45, 7) is 6.31. The molecule has 0 heterocycles. The highest BCUT2D eigenvalue weighted by atomic mass is 32.2. The normalized spacial score (nSPS) is 12.2. The van der Waals surface area contributed by atoms with Crippen LogP contribution in [0, 0.1) is 0 Å². The van der Waals surface area contributed by atoms with E-state index in [1.54, 1.807) is 18.2 Å². The van der Waals surface area contributed by atoms with Crippen LogP contribution in [-0.2, 0) is 22.0 Å². The minimum Gasteiger partial charge on any atom is -0.508 e. The number of phenols is 1. The van der Waals surface area contributed by atoms with Crippen molar-refractivity contribution in [3.63, 3.8) is 0 Å². The van der Waals surface area contributed by atoms with Gasteiger partial charge in [0.05, 0.1) is 6.26 Å². The lowest BCUT2D eigenvalue weighted by molar-refractivity contribution is 0.459. The number of hydrogen-bond acceptors (Lipinski definition) is 4. The highest BCUT2D eigenvalue weighted by Gasteiger charge is 2.31. The van der Waals surface area contributed by atoms with E-state index in [9.17, 15) is 13.5 Å². The molecule has 25 heavy (non-hydrogen) atoms. The van der Waals surface area contributed by atoms with Crippen molar-refractivity contribution < 1.29 is 17.7 Å². The molecule has 2 rings (SSSR count). The van der Waals surface area contributed by atoms with Crippen molar-refractivity contribution in [1.82, 2.24) is 0 Å². The largest absolute Gasteiger partial charge is 0.508 e. The third kappa shape index (κ3) is 4.15. The third-order valence-electron chi connectivity index (χ3n) is 4.87. The molecule has 0 aliphatic carbocycles. The minimum atomic E-state index is -3.53. The monoisotopic (exact) mass is 362 g/mol. The lowest BCUT2D eigenvalue weighted by Gasteiger charge is -2.34. The maximum atomic E-state index is 11.3. The van der Waals surface area contributed by atoms with Gasteiger partial charge in [0.2, 0.25) is 0 Å². The molecule has 0 amide bonds. The summed E-state index contributed by atoms with van der Waals surface area (Å²) in [6.07, 6.45) is 3.59. The van der Waals surface area contributed by atoms with Gasteiger partial charge in [-0.2, -0.15) is 8.42 Å². The molecule has 4 nitrogen and oxygen atoms in total. The molecule has 0 aromatic heterocycles. The topological polar surface area (TPSA) is 63.6 Å². The zero-order valence-electron chi connectivity index (χ0n) is 15.2. The number of hydrogen-bond donors (Lipinski definition) is 1. The summed E-state index contributed by atoms with van der Waals surface area (Å²) in [4.78, 5) is 0. The Labute approximate surface area is 150 Å². The molecule has 0 fully saturated rings. The van der Waals surface area contributed by atoms with E-state index in [1.165, 1.54) is 0 Å². The zero-order chi connectivity index (χ0) is 18.7. The van der Waals surface area contributed by atoms with Crippen molar-refractivity contribution >= 4 is 10.1 Å². The smallest absolute Gasteiger partial charge is 0.306 e. The van der Waals surface area contributed by atoms with E-state index in [2.05, 4.69) is 19.9 Å². The van der Waals surface area contributed by atoms with Gasteiger partial charge < -0.3 is 9.29 Å². The molecule has 0 aliphatic heterocycles. The number of rotatable bonds is 7. The van der Waals surface area contributed by atoms with Gasteiger partial charge in [-0.05, 0) is 54.2 Å². The van der Waals surface area contributed by atoms with Crippen LogP contribution in [0.4, 0.5) is 0 Å². The summed E-state index contributed by atoms with van der Waals surface area (Å²) in [6, 6.07) is 13.0. The maximum absolute atomic E-state index is 11.3. The fourth-order valence-corrected chi connectivity index (χ4v) is 3.86. The van der Waals surface area contributed by atoms with Gasteiger partial charge in [0.1, 0.15) is 11.5 Å². The van der Waals surface area contributed by atoms with Crippen LogP contribution in [0.25, 0.3) is 0 Å². The lowest BCUT2D eigenvalue weighted by atomic mass is 9.70. The van der Waals surface area contributed by atoms with E-state index in [0.29, 0.717) is 11.5 Å². The Balaban J connectivity index is 2.49. The Hall–Kier alpha value is -2.01. The predicted octanol–water partition coefficient (Wildman–Crippen LogP) is 4.40. The molecule has 0 saturated carbocycles. The molecular formula is C20H26O4S. The van der Waals surface area contributed by atoms with E-state index in [0.717, 1.165) is 42.2 Å². The maximum Gasteiger partial charge on any atom is 0.306 e. The van der Waals surface area contributed by atoms with Gasteiger partial charge in [-0.25, -0.2) is 0 Å². The number of aryl methyl sites for hydroxylation is 1. The van der Waals surface area contributed by atoms with Crippen LogP contribution < -0.4 is 4.18 Å². The number of aromatic hydroxyl groups is 1. The summed E-state index contributed by atoms with van der Waals surface area (Å²) in [5.74, 6) is 0.636. The van der Waals surface area contributed by atoms with Crippen LogP contribution in [0.1, 0.15) is 50.3 Å². The Kier molecular flexibility index (Phi) is 5.78. The van der Waals surface area contributed by atoms with Crippen LogP contribution in [0.2, 0.25) is 0 Å². The highest BCUT2D eigenvalue weighted by molar-refractivity contribution is 7.86. The van der Waals surface area contributed by atoms with Crippen molar-refractivity contribution in [3.8, 4) is 11.5 Å². The number of benzene rings is 2. The molecule has 5 heteroatoms. The molecule has 0 radical (unpaired) electrons. The summed E-state index contributed by atoms with van der Waals surface area (Å²) in [5.41, 5.74) is 3.00. The molecule has 1 N–H and O–H groups in total. The summed E-state index contributed by atoms with van der Waals surface area (Å²) < 4.78 is 27.5. The highest BCUT2D eigenvalue weighted by Crippen LogP contribution is 2.40. The van der Waals surface area contributed by atoms with Crippen LogP contribution in [0.5, 0.6) is 11.5 Å². The predicted molar refractivity (Wildman–Crippen MR) is 101 cm³/mol.